The largest absolute Gasteiger partial charge is 0.487 e. The van der Waals surface area contributed by atoms with Crippen molar-refractivity contribution in [1.29, 1.82) is 0 Å². The number of aromatic nitrogens is 4. The third-order valence-corrected chi connectivity index (χ3v) is 5.95. The summed E-state index contributed by atoms with van der Waals surface area (Å²) in [4.78, 5) is 12.2. The number of imidazole rings is 2. The van der Waals surface area contributed by atoms with Crippen LogP contribution in [0.2, 0.25) is 0 Å². The molecule has 2 heterocycles. The van der Waals surface area contributed by atoms with E-state index in [1.54, 1.807) is 42.2 Å². The molecule has 0 radical (unpaired) electrons. The number of nitrogens with one attached hydrogen (secondary N) is 1. The highest BCUT2D eigenvalue weighted by atomic mass is 32.2. The molecule has 0 unspecified atom stereocenters. The van der Waals surface area contributed by atoms with Gasteiger partial charge in [-0.2, -0.15) is 0 Å². The van der Waals surface area contributed by atoms with Crippen LogP contribution in [0.5, 0.6) is 5.75 Å². The Kier molecular flexibility index (Phi) is 4.41. The number of aromatic amines is 1. The zero-order chi connectivity index (χ0) is 18.9. The van der Waals surface area contributed by atoms with Gasteiger partial charge in [0.05, 0.1) is 21.9 Å². The lowest BCUT2D eigenvalue weighted by molar-refractivity contribution is 0.302. The van der Waals surface area contributed by atoms with Gasteiger partial charge in [-0.15, -0.1) is 0 Å². The van der Waals surface area contributed by atoms with E-state index in [0.29, 0.717) is 23.6 Å². The summed E-state index contributed by atoms with van der Waals surface area (Å²) in [5.74, 6) is 1.30. The van der Waals surface area contributed by atoms with Crippen molar-refractivity contribution < 1.29 is 13.2 Å². The summed E-state index contributed by atoms with van der Waals surface area (Å²) in [6.45, 7) is 1.95. The molecule has 0 bridgehead atoms. The van der Waals surface area contributed by atoms with Gasteiger partial charge >= 0.3 is 0 Å². The molecule has 0 atom stereocenters. The first-order valence-corrected chi connectivity index (χ1v) is 10.1. The van der Waals surface area contributed by atoms with Crippen molar-refractivity contribution >= 4 is 20.9 Å². The molecule has 138 valence electrons. The maximum atomic E-state index is 12.3. The Bertz CT molecular complexity index is 1180. The van der Waals surface area contributed by atoms with Crippen molar-refractivity contribution in [2.45, 2.75) is 18.4 Å². The van der Waals surface area contributed by atoms with Crippen LogP contribution >= 0.6 is 0 Å². The summed E-state index contributed by atoms with van der Waals surface area (Å²) in [5, 5.41) is 0. The van der Waals surface area contributed by atoms with E-state index in [1.165, 1.54) is 0 Å². The van der Waals surface area contributed by atoms with Crippen LogP contribution in [0.25, 0.3) is 17.0 Å². The molecule has 0 fully saturated rings. The number of fused-ring (bicyclic) bond motifs is 1. The molecule has 0 saturated carbocycles. The van der Waals surface area contributed by atoms with Gasteiger partial charge in [-0.3, -0.25) is 4.57 Å². The summed E-state index contributed by atoms with van der Waals surface area (Å²) < 4.78 is 32.0. The second-order valence-electron chi connectivity index (χ2n) is 5.99. The van der Waals surface area contributed by atoms with Gasteiger partial charge in [0.15, 0.2) is 9.84 Å². The molecule has 4 rings (SSSR count). The lowest BCUT2D eigenvalue weighted by Gasteiger charge is -2.02. The Morgan fingerprint density at radius 2 is 1.93 bits per heavy atom. The van der Waals surface area contributed by atoms with Gasteiger partial charge in [0.1, 0.15) is 24.2 Å². The average molecular weight is 382 g/mol. The molecule has 0 aliphatic heterocycles. The van der Waals surface area contributed by atoms with E-state index in [0.717, 1.165) is 11.4 Å². The quantitative estimate of drug-likeness (QED) is 0.553. The van der Waals surface area contributed by atoms with Gasteiger partial charge in [0.2, 0.25) is 5.95 Å². The summed E-state index contributed by atoms with van der Waals surface area (Å²) in [6, 6.07) is 14.6. The molecule has 27 heavy (non-hydrogen) atoms. The number of nitrogens with zero attached hydrogens (tertiary/aromatic N) is 3. The van der Waals surface area contributed by atoms with Crippen LogP contribution in [0.15, 0.2) is 66.0 Å². The molecular formula is C19H18N4O3S. The minimum atomic E-state index is -3.36. The van der Waals surface area contributed by atoms with Crippen molar-refractivity contribution in [3.63, 3.8) is 0 Å². The highest BCUT2D eigenvalue weighted by Crippen LogP contribution is 2.23. The van der Waals surface area contributed by atoms with E-state index in [2.05, 4.69) is 15.0 Å². The first kappa shape index (κ1) is 17.3. The maximum Gasteiger partial charge on any atom is 0.213 e. The summed E-state index contributed by atoms with van der Waals surface area (Å²) in [7, 11) is -3.36. The number of hydrogen-bond donors (Lipinski definition) is 1. The van der Waals surface area contributed by atoms with E-state index in [1.807, 2.05) is 30.3 Å². The van der Waals surface area contributed by atoms with Crippen LogP contribution in [0.3, 0.4) is 0 Å². The van der Waals surface area contributed by atoms with Crippen LogP contribution in [-0.4, -0.2) is 33.7 Å². The molecule has 0 aliphatic rings. The normalized spacial score (nSPS) is 11.7. The monoisotopic (exact) mass is 382 g/mol. The molecule has 2 aromatic carbocycles. The lowest BCUT2D eigenvalue weighted by atomic mass is 10.3. The molecule has 0 saturated heterocycles. The molecule has 0 amide bonds. The Labute approximate surface area is 156 Å². The first-order valence-electron chi connectivity index (χ1n) is 8.49. The minimum Gasteiger partial charge on any atom is -0.487 e. The van der Waals surface area contributed by atoms with Crippen LogP contribution < -0.4 is 4.74 Å². The van der Waals surface area contributed by atoms with Crippen LogP contribution in [0.4, 0.5) is 0 Å². The molecule has 2 aromatic heterocycles. The number of rotatable bonds is 6. The molecule has 1 N–H and O–H groups in total. The van der Waals surface area contributed by atoms with Crippen LogP contribution in [0, 0.1) is 0 Å². The van der Waals surface area contributed by atoms with E-state index in [-0.39, 0.29) is 10.6 Å². The SMILES string of the molecule is CCS(=O)(=O)c1cccc2[nH]c(-n3cnc(COc4ccccc4)c3)nc12. The fourth-order valence-electron chi connectivity index (χ4n) is 2.75. The van der Waals surface area contributed by atoms with E-state index < -0.39 is 9.84 Å². The van der Waals surface area contributed by atoms with E-state index in [9.17, 15) is 8.42 Å². The maximum absolute atomic E-state index is 12.3. The summed E-state index contributed by atoms with van der Waals surface area (Å²) >= 11 is 0. The fraction of sp³-hybridized carbons (Fsp3) is 0.158. The molecule has 7 nitrogen and oxygen atoms in total. The predicted molar refractivity (Wildman–Crippen MR) is 102 cm³/mol. The molecule has 8 heteroatoms. The van der Waals surface area contributed by atoms with Gasteiger partial charge < -0.3 is 9.72 Å². The van der Waals surface area contributed by atoms with Gasteiger partial charge in [-0.05, 0) is 24.3 Å². The summed E-state index contributed by atoms with van der Waals surface area (Å²) in [6.07, 6.45) is 3.42. The number of H-pyrrole nitrogens is 1. The molecule has 0 spiro atoms. The standard InChI is InChI=1S/C19H18N4O3S/c1-2-27(24,25)17-10-6-9-16-18(17)22-19(21-16)23-11-14(20-13-23)12-26-15-7-4-3-5-8-15/h3-11,13H,2,12H2,1H3,(H,21,22). The van der Waals surface area contributed by atoms with Gasteiger partial charge in [-0.25, -0.2) is 18.4 Å². The van der Waals surface area contributed by atoms with Gasteiger partial charge in [0.25, 0.3) is 0 Å². The van der Waals surface area contributed by atoms with Gasteiger partial charge in [-0.1, -0.05) is 31.2 Å². The smallest absolute Gasteiger partial charge is 0.213 e. The van der Waals surface area contributed by atoms with E-state index >= 15 is 0 Å². The molecule has 0 aliphatic carbocycles. The summed E-state index contributed by atoms with van der Waals surface area (Å²) in [5.41, 5.74) is 1.83. The predicted octanol–water partition coefficient (Wildman–Crippen LogP) is 3.12. The topological polar surface area (TPSA) is 89.9 Å². The Morgan fingerprint density at radius 3 is 2.70 bits per heavy atom. The van der Waals surface area contributed by atoms with Crippen LogP contribution in [0.1, 0.15) is 12.6 Å². The van der Waals surface area contributed by atoms with Crippen LogP contribution in [-0.2, 0) is 16.4 Å². The van der Waals surface area contributed by atoms with Crippen molar-refractivity contribution in [3.8, 4) is 11.7 Å². The Morgan fingerprint density at radius 1 is 1.11 bits per heavy atom. The van der Waals surface area contributed by atoms with Crippen molar-refractivity contribution in [1.82, 2.24) is 19.5 Å². The molecule has 4 aromatic rings. The Balaban J connectivity index is 1.62. The van der Waals surface area contributed by atoms with E-state index in [4.69, 9.17) is 4.74 Å². The second-order valence-corrected chi connectivity index (χ2v) is 8.24. The minimum absolute atomic E-state index is 0.0281. The molecular weight excluding hydrogens is 364 g/mol. The third-order valence-electron chi connectivity index (χ3n) is 4.19. The zero-order valence-corrected chi connectivity index (χ0v) is 15.5. The highest BCUT2D eigenvalue weighted by molar-refractivity contribution is 7.91. The van der Waals surface area contributed by atoms with Crippen molar-refractivity contribution in [2.75, 3.05) is 5.75 Å². The lowest BCUT2D eigenvalue weighted by Crippen LogP contribution is -2.04. The Hall–Kier alpha value is -3.13. The zero-order valence-electron chi connectivity index (χ0n) is 14.7. The first-order chi connectivity index (χ1) is 13.1. The number of hydrogen-bond acceptors (Lipinski definition) is 5. The average Bonchev–Trinajstić information content (AvgIpc) is 3.33. The van der Waals surface area contributed by atoms with Gasteiger partial charge in [0, 0.05) is 6.20 Å². The number of benzene rings is 2. The van der Waals surface area contributed by atoms with Crippen molar-refractivity contribution in [3.05, 3.63) is 66.7 Å². The second kappa shape index (κ2) is 6.88. The highest BCUT2D eigenvalue weighted by Gasteiger charge is 2.18. The number of para-hydroxylation sites is 2. The number of ether oxygens (including phenoxy) is 1. The number of sulfone groups is 1. The fourth-order valence-corrected chi connectivity index (χ4v) is 3.80. The third kappa shape index (κ3) is 3.43. The van der Waals surface area contributed by atoms with Crippen molar-refractivity contribution in [2.24, 2.45) is 0 Å².